The molecule has 0 saturated carbocycles. The number of nitrogens with one attached hydrogen (secondary N) is 2. The minimum Gasteiger partial charge on any atom is -0.357 e. The number of carbonyl (C=O) groups is 1. The van der Waals surface area contributed by atoms with Crippen molar-refractivity contribution in [3.8, 4) is 0 Å². The molecule has 2 N–H and O–H groups in total. The average molecular weight is 434 g/mol. The summed E-state index contributed by atoms with van der Waals surface area (Å²) in [6, 6.07) is 15.8. The number of aryl methyl sites for hydroxylation is 2. The maximum atomic E-state index is 12.7. The van der Waals surface area contributed by atoms with Crippen LogP contribution in [0.5, 0.6) is 0 Å². The van der Waals surface area contributed by atoms with E-state index in [4.69, 9.17) is 12.2 Å². The van der Waals surface area contributed by atoms with Crippen LogP contribution in [0.3, 0.4) is 0 Å². The Bertz CT molecular complexity index is 1060. The van der Waals surface area contributed by atoms with Crippen LogP contribution in [0.4, 0.5) is 5.69 Å². The molecule has 0 radical (unpaired) electrons. The van der Waals surface area contributed by atoms with E-state index in [9.17, 15) is 4.79 Å². The Morgan fingerprint density at radius 1 is 1.19 bits per heavy atom. The number of pyridine rings is 1. The number of carbonyl (C=O) groups excluding carboxylic acids is 1. The van der Waals surface area contributed by atoms with Crippen LogP contribution >= 0.6 is 12.2 Å². The molecule has 31 heavy (non-hydrogen) atoms. The summed E-state index contributed by atoms with van der Waals surface area (Å²) in [6.45, 7) is 2.61. The highest BCUT2D eigenvalue weighted by Gasteiger charge is 2.40. The fourth-order valence-electron chi connectivity index (χ4n) is 4.09. The number of benzene rings is 1. The van der Waals surface area contributed by atoms with Gasteiger partial charge in [0.05, 0.1) is 17.8 Å². The molecule has 1 fully saturated rings. The number of anilines is 1. The topological polar surface area (TPSA) is 62.2 Å². The van der Waals surface area contributed by atoms with E-state index < -0.39 is 0 Å². The lowest BCUT2D eigenvalue weighted by molar-refractivity contribution is -0.116. The van der Waals surface area contributed by atoms with Crippen molar-refractivity contribution < 1.29 is 4.79 Å². The molecule has 3 aromatic rings. The summed E-state index contributed by atoms with van der Waals surface area (Å²) in [6.07, 6.45) is 7.14. The molecule has 1 saturated heterocycles. The lowest BCUT2D eigenvalue weighted by Crippen LogP contribution is -2.32. The van der Waals surface area contributed by atoms with E-state index in [1.54, 1.807) is 6.20 Å². The van der Waals surface area contributed by atoms with Crippen molar-refractivity contribution in [2.24, 2.45) is 7.05 Å². The molecule has 160 valence electrons. The molecule has 0 unspecified atom stereocenters. The normalized spacial score (nSPS) is 18.1. The standard InChI is InChI=1S/C24H27N5OS/c1-3-17-8-4-5-9-19(17)26-21(30)12-15-29-23(18-11-14-28(2)16-18)22(27-24(29)31)20-10-6-7-13-25-20/h4-11,13-14,16,22-23H,3,12,15H2,1-2H3,(H,26,30)(H,27,31)/t22-,23-/m0/s1. The van der Waals surface area contributed by atoms with E-state index in [1.165, 1.54) is 0 Å². The summed E-state index contributed by atoms with van der Waals surface area (Å²) in [7, 11) is 2.00. The van der Waals surface area contributed by atoms with Crippen molar-refractivity contribution >= 4 is 28.9 Å². The van der Waals surface area contributed by atoms with Crippen LogP contribution in [0, 0.1) is 0 Å². The second-order valence-corrected chi connectivity index (χ2v) is 8.13. The van der Waals surface area contributed by atoms with Crippen molar-refractivity contribution in [2.45, 2.75) is 31.8 Å². The molecule has 0 bridgehead atoms. The van der Waals surface area contributed by atoms with Gasteiger partial charge in [0, 0.05) is 44.3 Å². The first kappa shape index (κ1) is 21.1. The molecular formula is C24H27N5OS. The number of nitrogens with zero attached hydrogens (tertiary/aromatic N) is 3. The summed E-state index contributed by atoms with van der Waals surface area (Å²) in [5.41, 5.74) is 4.08. The predicted octanol–water partition coefficient (Wildman–Crippen LogP) is 3.98. The van der Waals surface area contributed by atoms with E-state index in [2.05, 4.69) is 39.7 Å². The Morgan fingerprint density at radius 2 is 2.00 bits per heavy atom. The smallest absolute Gasteiger partial charge is 0.226 e. The van der Waals surface area contributed by atoms with Crippen LogP contribution in [0.2, 0.25) is 0 Å². The highest BCUT2D eigenvalue weighted by molar-refractivity contribution is 7.80. The largest absolute Gasteiger partial charge is 0.357 e. The molecule has 3 heterocycles. The molecule has 1 aromatic carbocycles. The van der Waals surface area contributed by atoms with Gasteiger partial charge in [-0.2, -0.15) is 0 Å². The number of amides is 1. The Morgan fingerprint density at radius 3 is 2.71 bits per heavy atom. The average Bonchev–Trinajstić information content (AvgIpc) is 3.35. The van der Waals surface area contributed by atoms with Crippen LogP contribution in [-0.2, 0) is 18.3 Å². The minimum atomic E-state index is -0.0695. The van der Waals surface area contributed by atoms with Gasteiger partial charge in [-0.15, -0.1) is 0 Å². The maximum absolute atomic E-state index is 12.7. The quantitative estimate of drug-likeness (QED) is 0.552. The lowest BCUT2D eigenvalue weighted by atomic mass is 9.99. The van der Waals surface area contributed by atoms with Gasteiger partial charge >= 0.3 is 0 Å². The summed E-state index contributed by atoms with van der Waals surface area (Å²) >= 11 is 5.67. The van der Waals surface area contributed by atoms with Gasteiger partial charge in [-0.1, -0.05) is 31.2 Å². The van der Waals surface area contributed by atoms with E-state index in [-0.39, 0.29) is 18.0 Å². The van der Waals surface area contributed by atoms with E-state index >= 15 is 0 Å². The molecule has 7 heteroatoms. The summed E-state index contributed by atoms with van der Waals surface area (Å²) < 4.78 is 2.03. The molecule has 6 nitrogen and oxygen atoms in total. The number of thiocarbonyl (C=S) groups is 1. The maximum Gasteiger partial charge on any atom is 0.226 e. The SMILES string of the molecule is CCc1ccccc1NC(=O)CCN1C(=S)N[C@@H](c2ccccn2)[C@@H]1c1ccn(C)c1. The molecule has 0 spiro atoms. The minimum absolute atomic E-state index is 0.0169. The summed E-state index contributed by atoms with van der Waals surface area (Å²) in [5.74, 6) is -0.0169. The first-order chi connectivity index (χ1) is 15.1. The van der Waals surface area contributed by atoms with Gasteiger partial charge in [0.1, 0.15) is 0 Å². The molecule has 1 amide bonds. The zero-order valence-electron chi connectivity index (χ0n) is 17.8. The van der Waals surface area contributed by atoms with Crippen molar-refractivity contribution in [2.75, 3.05) is 11.9 Å². The second kappa shape index (κ2) is 9.31. The Kier molecular flexibility index (Phi) is 6.32. The van der Waals surface area contributed by atoms with Gasteiger partial charge in [-0.3, -0.25) is 9.78 Å². The molecule has 4 rings (SSSR count). The molecule has 2 atom stereocenters. The molecule has 0 aliphatic carbocycles. The second-order valence-electron chi connectivity index (χ2n) is 7.74. The molecule has 1 aliphatic rings. The fourth-order valence-corrected chi connectivity index (χ4v) is 4.43. The molecule has 2 aromatic heterocycles. The third kappa shape index (κ3) is 4.61. The Hall–Kier alpha value is -3.19. The van der Waals surface area contributed by atoms with E-state index in [0.717, 1.165) is 28.9 Å². The molecule has 1 aliphatic heterocycles. The zero-order chi connectivity index (χ0) is 21.8. The van der Waals surface area contributed by atoms with Crippen molar-refractivity contribution in [1.82, 2.24) is 19.8 Å². The first-order valence-corrected chi connectivity index (χ1v) is 11.0. The van der Waals surface area contributed by atoms with Gasteiger partial charge in [-0.05, 0) is 54.0 Å². The zero-order valence-corrected chi connectivity index (χ0v) is 18.6. The third-order valence-corrected chi connectivity index (χ3v) is 6.00. The van der Waals surface area contributed by atoms with Crippen LogP contribution in [0.25, 0.3) is 0 Å². The van der Waals surface area contributed by atoms with Crippen molar-refractivity contribution in [1.29, 1.82) is 0 Å². The van der Waals surface area contributed by atoms with Crippen LogP contribution in [0.15, 0.2) is 67.1 Å². The Balaban J connectivity index is 1.52. The lowest BCUT2D eigenvalue weighted by Gasteiger charge is -2.27. The summed E-state index contributed by atoms with van der Waals surface area (Å²) in [5, 5.41) is 7.12. The monoisotopic (exact) mass is 433 g/mol. The third-order valence-electron chi connectivity index (χ3n) is 5.65. The summed E-state index contributed by atoms with van der Waals surface area (Å²) in [4.78, 5) is 19.4. The van der Waals surface area contributed by atoms with Crippen molar-refractivity contribution in [3.63, 3.8) is 0 Å². The fraction of sp³-hybridized carbons (Fsp3) is 0.292. The van der Waals surface area contributed by atoms with Crippen LogP contribution in [-0.4, -0.2) is 32.0 Å². The number of hydrogen-bond donors (Lipinski definition) is 2. The van der Waals surface area contributed by atoms with Gasteiger partial charge in [-0.25, -0.2) is 0 Å². The van der Waals surface area contributed by atoms with Gasteiger partial charge in [0.2, 0.25) is 5.91 Å². The number of para-hydroxylation sites is 1. The Labute approximate surface area is 188 Å². The first-order valence-electron chi connectivity index (χ1n) is 10.5. The van der Waals surface area contributed by atoms with Gasteiger partial charge in [0.15, 0.2) is 5.11 Å². The number of rotatable bonds is 7. The predicted molar refractivity (Wildman–Crippen MR) is 127 cm³/mol. The number of hydrogen-bond acceptors (Lipinski definition) is 3. The molecular weight excluding hydrogens is 406 g/mol. The number of aromatic nitrogens is 2. The van der Waals surface area contributed by atoms with Crippen molar-refractivity contribution in [3.05, 3.63) is 83.9 Å². The van der Waals surface area contributed by atoms with E-state index in [0.29, 0.717) is 18.1 Å². The van der Waals surface area contributed by atoms with E-state index in [1.807, 2.05) is 60.3 Å². The van der Waals surface area contributed by atoms with Gasteiger partial charge in [0.25, 0.3) is 0 Å². The highest BCUT2D eigenvalue weighted by atomic mass is 32.1. The highest BCUT2D eigenvalue weighted by Crippen LogP contribution is 2.38. The van der Waals surface area contributed by atoms with Crippen LogP contribution < -0.4 is 10.6 Å². The van der Waals surface area contributed by atoms with Crippen LogP contribution in [0.1, 0.15) is 42.2 Å². The van der Waals surface area contributed by atoms with Gasteiger partial charge < -0.3 is 20.1 Å².